The van der Waals surface area contributed by atoms with Crippen LogP contribution < -0.4 is 10.7 Å². The first-order chi connectivity index (χ1) is 10.5. The van der Waals surface area contributed by atoms with Gasteiger partial charge in [-0.25, -0.2) is 0 Å². The number of hydrogen-bond acceptors (Lipinski definition) is 4. The number of nitrogens with zero attached hydrogens (tertiary/aromatic N) is 1. The van der Waals surface area contributed by atoms with E-state index in [9.17, 15) is 9.59 Å². The first-order valence-electron chi connectivity index (χ1n) is 6.63. The van der Waals surface area contributed by atoms with Crippen LogP contribution in [0.25, 0.3) is 0 Å². The van der Waals surface area contributed by atoms with Crippen molar-refractivity contribution in [2.75, 3.05) is 11.1 Å². The molecule has 112 valence electrons. The number of benzene rings is 1. The van der Waals surface area contributed by atoms with Gasteiger partial charge in [0, 0.05) is 17.4 Å². The van der Waals surface area contributed by atoms with Crippen molar-refractivity contribution in [3.8, 4) is 6.07 Å². The third kappa shape index (κ3) is 3.99. The van der Waals surface area contributed by atoms with Gasteiger partial charge in [0.25, 0.3) is 0 Å². The molecular weight excluding hydrogens is 298 g/mol. The van der Waals surface area contributed by atoms with Gasteiger partial charge < -0.3 is 10.3 Å². The highest BCUT2D eigenvalue weighted by Gasteiger charge is 2.11. The van der Waals surface area contributed by atoms with Gasteiger partial charge in [0.1, 0.15) is 11.6 Å². The average Bonchev–Trinajstić information content (AvgIpc) is 2.47. The topological polar surface area (TPSA) is 85.8 Å². The number of thioether (sulfide) groups is 1. The second kappa shape index (κ2) is 6.96. The number of nitrogens with one attached hydrogen (secondary N) is 2. The van der Waals surface area contributed by atoms with E-state index in [1.807, 2.05) is 37.3 Å². The summed E-state index contributed by atoms with van der Waals surface area (Å²) in [5.41, 5.74) is 2.20. The fourth-order valence-corrected chi connectivity index (χ4v) is 2.72. The largest absolute Gasteiger partial charge is 0.353 e. The zero-order chi connectivity index (χ0) is 16.1. The predicted molar refractivity (Wildman–Crippen MR) is 87.0 cm³/mol. The van der Waals surface area contributed by atoms with E-state index >= 15 is 0 Å². The molecule has 0 spiro atoms. The highest BCUT2D eigenvalue weighted by atomic mass is 32.2. The molecule has 0 saturated carbocycles. The number of aryl methyl sites for hydroxylation is 2. The smallest absolute Gasteiger partial charge is 0.234 e. The highest BCUT2D eigenvalue weighted by molar-refractivity contribution is 8.00. The molecular formula is C16H15N3O2S. The summed E-state index contributed by atoms with van der Waals surface area (Å²) in [5.74, 6) is -0.0813. The molecule has 0 unspecified atom stereocenters. The lowest BCUT2D eigenvalue weighted by atomic mass is 10.2. The van der Waals surface area contributed by atoms with E-state index in [0.29, 0.717) is 10.7 Å². The highest BCUT2D eigenvalue weighted by Crippen LogP contribution is 2.18. The van der Waals surface area contributed by atoms with Gasteiger partial charge in [-0.15, -0.1) is 0 Å². The van der Waals surface area contributed by atoms with Crippen molar-refractivity contribution in [2.24, 2.45) is 0 Å². The van der Waals surface area contributed by atoms with Gasteiger partial charge in [-0.3, -0.25) is 9.59 Å². The molecule has 0 aliphatic rings. The van der Waals surface area contributed by atoms with E-state index in [1.54, 1.807) is 6.92 Å². The molecule has 0 aliphatic carbocycles. The van der Waals surface area contributed by atoms with E-state index < -0.39 is 0 Å². The molecule has 1 aromatic carbocycles. The van der Waals surface area contributed by atoms with Crippen molar-refractivity contribution < 1.29 is 4.79 Å². The summed E-state index contributed by atoms with van der Waals surface area (Å²) in [6.45, 7) is 3.71. The predicted octanol–water partition coefficient (Wildman–Crippen LogP) is 2.59. The van der Waals surface area contributed by atoms with Gasteiger partial charge in [-0.1, -0.05) is 29.5 Å². The summed E-state index contributed by atoms with van der Waals surface area (Å²) >= 11 is 1.14. The Balaban J connectivity index is 2.04. The lowest BCUT2D eigenvalue weighted by Crippen LogP contribution is -2.15. The summed E-state index contributed by atoms with van der Waals surface area (Å²) < 4.78 is 0. The Hall–Kier alpha value is -2.52. The van der Waals surface area contributed by atoms with Crippen LogP contribution in [0.1, 0.15) is 16.8 Å². The second-order valence-electron chi connectivity index (χ2n) is 4.84. The number of hydrogen-bond donors (Lipinski definition) is 2. The Morgan fingerprint density at radius 3 is 2.64 bits per heavy atom. The van der Waals surface area contributed by atoms with Crippen LogP contribution in [0.4, 0.5) is 5.69 Å². The van der Waals surface area contributed by atoms with Crippen LogP contribution in [0.3, 0.4) is 0 Å². The number of pyridine rings is 1. The van der Waals surface area contributed by atoms with Gasteiger partial charge in [0.15, 0.2) is 0 Å². The van der Waals surface area contributed by atoms with E-state index in [2.05, 4.69) is 10.3 Å². The summed E-state index contributed by atoms with van der Waals surface area (Å²) in [7, 11) is 0. The van der Waals surface area contributed by atoms with Crippen LogP contribution in [-0.4, -0.2) is 16.6 Å². The normalized spacial score (nSPS) is 10.0. The number of aromatic nitrogens is 1. The molecule has 1 heterocycles. The minimum absolute atomic E-state index is 0.0405. The minimum Gasteiger partial charge on any atom is -0.353 e. The van der Waals surface area contributed by atoms with Crippen molar-refractivity contribution in [3.63, 3.8) is 0 Å². The number of H-pyrrole nitrogens is 1. The number of rotatable bonds is 4. The lowest BCUT2D eigenvalue weighted by Gasteiger charge is -2.07. The SMILES string of the molecule is Cc1ccc(NC(=O)CSc2[nH]c(C)cc(=O)c2C#N)cc1. The molecule has 2 N–H and O–H groups in total. The molecule has 2 aromatic rings. The van der Waals surface area contributed by atoms with Crippen LogP contribution in [0.2, 0.25) is 0 Å². The van der Waals surface area contributed by atoms with Gasteiger partial charge in [-0.05, 0) is 26.0 Å². The first kappa shape index (κ1) is 15.9. The van der Waals surface area contributed by atoms with Crippen LogP contribution in [-0.2, 0) is 4.79 Å². The third-order valence-electron chi connectivity index (χ3n) is 2.93. The van der Waals surface area contributed by atoms with Crippen LogP contribution in [0, 0.1) is 25.2 Å². The molecule has 0 atom stereocenters. The Labute approximate surface area is 132 Å². The zero-order valence-corrected chi connectivity index (χ0v) is 13.1. The Bertz CT molecular complexity index is 789. The Morgan fingerprint density at radius 1 is 1.32 bits per heavy atom. The third-order valence-corrected chi connectivity index (χ3v) is 3.93. The fourth-order valence-electron chi connectivity index (χ4n) is 1.84. The average molecular weight is 313 g/mol. The van der Waals surface area contributed by atoms with Crippen molar-refractivity contribution in [2.45, 2.75) is 18.9 Å². The van der Waals surface area contributed by atoms with Crippen LogP contribution in [0.15, 0.2) is 40.2 Å². The maximum absolute atomic E-state index is 11.9. The summed E-state index contributed by atoms with van der Waals surface area (Å²) in [4.78, 5) is 26.6. The molecule has 1 aromatic heterocycles. The second-order valence-corrected chi connectivity index (χ2v) is 5.82. The van der Waals surface area contributed by atoms with E-state index in [-0.39, 0.29) is 22.7 Å². The number of anilines is 1. The molecule has 0 fully saturated rings. The van der Waals surface area contributed by atoms with Crippen molar-refractivity contribution in [3.05, 3.63) is 57.4 Å². The molecule has 0 aliphatic heterocycles. The number of amides is 1. The van der Waals surface area contributed by atoms with E-state index in [4.69, 9.17) is 5.26 Å². The van der Waals surface area contributed by atoms with Gasteiger partial charge in [0.05, 0.1) is 10.8 Å². The number of carbonyl (C=O) groups is 1. The van der Waals surface area contributed by atoms with E-state index in [0.717, 1.165) is 23.0 Å². The quantitative estimate of drug-likeness (QED) is 0.850. The lowest BCUT2D eigenvalue weighted by molar-refractivity contribution is -0.113. The standard InChI is InChI=1S/C16H15N3O2S/c1-10-3-5-12(6-4-10)19-15(21)9-22-16-13(8-17)14(20)7-11(2)18-16/h3-7H,9H2,1-2H3,(H,18,20)(H,19,21). The molecule has 0 bridgehead atoms. The maximum Gasteiger partial charge on any atom is 0.234 e. The molecule has 6 heteroatoms. The fraction of sp³-hybridized carbons (Fsp3) is 0.188. The summed E-state index contributed by atoms with van der Waals surface area (Å²) in [5, 5.41) is 12.2. The van der Waals surface area contributed by atoms with Gasteiger partial charge in [-0.2, -0.15) is 5.26 Å². The van der Waals surface area contributed by atoms with Crippen molar-refractivity contribution >= 4 is 23.4 Å². The number of nitriles is 1. The first-order valence-corrected chi connectivity index (χ1v) is 7.61. The molecule has 0 saturated heterocycles. The molecule has 0 radical (unpaired) electrons. The monoisotopic (exact) mass is 313 g/mol. The van der Waals surface area contributed by atoms with Crippen LogP contribution in [0.5, 0.6) is 0 Å². The van der Waals surface area contributed by atoms with Gasteiger partial charge in [0.2, 0.25) is 11.3 Å². The molecule has 2 rings (SSSR count). The number of carbonyl (C=O) groups excluding carboxylic acids is 1. The van der Waals surface area contributed by atoms with E-state index in [1.165, 1.54) is 6.07 Å². The van der Waals surface area contributed by atoms with Gasteiger partial charge >= 0.3 is 0 Å². The maximum atomic E-state index is 11.9. The molecule has 22 heavy (non-hydrogen) atoms. The zero-order valence-electron chi connectivity index (χ0n) is 12.3. The Morgan fingerprint density at radius 2 is 2.00 bits per heavy atom. The minimum atomic E-state index is -0.333. The summed E-state index contributed by atoms with van der Waals surface area (Å²) in [6.07, 6.45) is 0. The van der Waals surface area contributed by atoms with Crippen molar-refractivity contribution in [1.29, 1.82) is 5.26 Å². The summed E-state index contributed by atoms with van der Waals surface area (Å²) in [6, 6.07) is 10.7. The number of aromatic amines is 1. The molecule has 5 nitrogen and oxygen atoms in total. The van der Waals surface area contributed by atoms with Crippen molar-refractivity contribution in [1.82, 2.24) is 4.98 Å². The molecule has 1 amide bonds. The van der Waals surface area contributed by atoms with Crippen LogP contribution >= 0.6 is 11.8 Å². The Kier molecular flexibility index (Phi) is 5.02.